The van der Waals surface area contributed by atoms with E-state index in [0.717, 1.165) is 61.2 Å². The van der Waals surface area contributed by atoms with E-state index in [0.29, 0.717) is 0 Å². The van der Waals surface area contributed by atoms with Crippen LogP contribution < -0.4 is 10.4 Å². The van der Waals surface area contributed by atoms with Crippen LogP contribution in [-0.2, 0) is 0 Å². The number of hydrogen-bond acceptors (Lipinski definition) is 3. The maximum Gasteiger partial charge on any atom is 0.326 e. The minimum atomic E-state index is 0.00529. The second-order valence-electron chi connectivity index (χ2n) is 9.46. The van der Waals surface area contributed by atoms with Crippen LogP contribution in [0.3, 0.4) is 0 Å². The molecule has 1 saturated heterocycles. The number of imidazole rings is 1. The SMILES string of the molecule is Cc1ccc(C)c(OC(CCN2CCC(n3c(=O)[nH]c4ccccc43)CC2)c2ccccc2)c1. The van der Waals surface area contributed by atoms with Gasteiger partial charge in [-0.3, -0.25) is 4.57 Å². The van der Waals surface area contributed by atoms with Crippen molar-refractivity contribution in [1.29, 1.82) is 0 Å². The zero-order valence-electron chi connectivity index (χ0n) is 20.0. The molecule has 3 aromatic carbocycles. The summed E-state index contributed by atoms with van der Waals surface area (Å²) in [7, 11) is 0. The lowest BCUT2D eigenvalue weighted by Gasteiger charge is -2.33. The molecule has 1 unspecified atom stereocenters. The number of rotatable bonds is 7. The van der Waals surface area contributed by atoms with Crippen molar-refractivity contribution in [2.75, 3.05) is 19.6 Å². The molecule has 5 rings (SSSR count). The minimum Gasteiger partial charge on any atom is -0.485 e. The fraction of sp³-hybridized carbons (Fsp3) is 0.345. The molecule has 0 bridgehead atoms. The van der Waals surface area contributed by atoms with E-state index < -0.39 is 0 Å². The van der Waals surface area contributed by atoms with E-state index in [4.69, 9.17) is 4.74 Å². The van der Waals surface area contributed by atoms with Gasteiger partial charge in [0, 0.05) is 32.1 Å². The second kappa shape index (κ2) is 9.90. The van der Waals surface area contributed by atoms with Gasteiger partial charge >= 0.3 is 5.69 Å². The van der Waals surface area contributed by atoms with Gasteiger partial charge < -0.3 is 14.6 Å². The lowest BCUT2D eigenvalue weighted by Crippen LogP contribution is -2.38. The molecule has 1 aromatic heterocycles. The van der Waals surface area contributed by atoms with Crippen molar-refractivity contribution in [2.24, 2.45) is 0 Å². The normalized spacial score (nSPS) is 16.1. The Balaban J connectivity index is 1.25. The summed E-state index contributed by atoms with van der Waals surface area (Å²) < 4.78 is 8.53. The second-order valence-corrected chi connectivity index (χ2v) is 9.46. The number of aromatic nitrogens is 2. The minimum absolute atomic E-state index is 0.00529. The van der Waals surface area contributed by atoms with Crippen LogP contribution in [0.4, 0.5) is 0 Å². The number of aryl methyl sites for hydroxylation is 2. The average Bonchev–Trinajstić information content (AvgIpc) is 3.20. The topological polar surface area (TPSA) is 50.3 Å². The molecule has 1 N–H and O–H groups in total. The molecule has 176 valence electrons. The fourth-order valence-electron chi connectivity index (χ4n) is 5.09. The highest BCUT2D eigenvalue weighted by atomic mass is 16.5. The molecule has 0 spiro atoms. The Hall–Kier alpha value is -3.31. The Labute approximate surface area is 201 Å². The van der Waals surface area contributed by atoms with Gasteiger partial charge in [0.25, 0.3) is 0 Å². The van der Waals surface area contributed by atoms with Crippen LogP contribution >= 0.6 is 0 Å². The summed E-state index contributed by atoms with van der Waals surface area (Å²) in [4.78, 5) is 18.1. The van der Waals surface area contributed by atoms with Gasteiger partial charge in [-0.1, -0.05) is 54.6 Å². The van der Waals surface area contributed by atoms with E-state index in [1.54, 1.807) is 0 Å². The number of para-hydroxylation sites is 2. The number of ether oxygens (including phenoxy) is 1. The van der Waals surface area contributed by atoms with Crippen molar-refractivity contribution in [1.82, 2.24) is 14.5 Å². The van der Waals surface area contributed by atoms with Gasteiger partial charge in [-0.2, -0.15) is 0 Å². The molecule has 1 atom stereocenters. The first-order valence-corrected chi connectivity index (χ1v) is 12.3. The van der Waals surface area contributed by atoms with E-state index in [-0.39, 0.29) is 17.8 Å². The van der Waals surface area contributed by atoms with Crippen molar-refractivity contribution in [3.63, 3.8) is 0 Å². The zero-order valence-corrected chi connectivity index (χ0v) is 20.0. The Kier molecular flexibility index (Phi) is 6.54. The highest BCUT2D eigenvalue weighted by Gasteiger charge is 2.24. The molecule has 0 saturated carbocycles. The molecule has 5 nitrogen and oxygen atoms in total. The van der Waals surface area contributed by atoms with E-state index in [9.17, 15) is 4.79 Å². The van der Waals surface area contributed by atoms with Crippen LogP contribution in [0, 0.1) is 13.8 Å². The van der Waals surface area contributed by atoms with Crippen LogP contribution in [0.5, 0.6) is 5.75 Å². The number of nitrogens with zero attached hydrogens (tertiary/aromatic N) is 2. The largest absolute Gasteiger partial charge is 0.485 e. The number of benzene rings is 3. The van der Waals surface area contributed by atoms with Crippen LogP contribution in [0.25, 0.3) is 11.0 Å². The molecule has 34 heavy (non-hydrogen) atoms. The third-order valence-electron chi connectivity index (χ3n) is 7.04. The Morgan fingerprint density at radius 1 is 0.971 bits per heavy atom. The number of aromatic amines is 1. The standard InChI is InChI=1S/C29H33N3O2/c1-21-12-13-22(2)28(20-21)34-27(23-8-4-3-5-9-23)16-19-31-17-14-24(15-18-31)32-26-11-7-6-10-25(26)30-29(32)33/h3-13,20,24,27H,14-19H2,1-2H3,(H,30,33). The summed E-state index contributed by atoms with van der Waals surface area (Å²) in [5.41, 5.74) is 5.52. The van der Waals surface area contributed by atoms with E-state index >= 15 is 0 Å². The number of likely N-dealkylation sites (tertiary alicyclic amines) is 1. The van der Waals surface area contributed by atoms with Gasteiger partial charge in [-0.25, -0.2) is 4.79 Å². The van der Waals surface area contributed by atoms with Crippen molar-refractivity contribution in [3.05, 3.63) is 100.0 Å². The summed E-state index contributed by atoms with van der Waals surface area (Å²) in [6, 6.07) is 25.1. The summed E-state index contributed by atoms with van der Waals surface area (Å²) >= 11 is 0. The first-order chi connectivity index (χ1) is 16.6. The summed E-state index contributed by atoms with van der Waals surface area (Å²) in [6.07, 6.45) is 2.90. The monoisotopic (exact) mass is 455 g/mol. The Morgan fingerprint density at radius 3 is 2.50 bits per heavy atom. The van der Waals surface area contributed by atoms with Crippen LogP contribution in [-0.4, -0.2) is 34.1 Å². The number of H-pyrrole nitrogens is 1. The quantitative estimate of drug-likeness (QED) is 0.383. The van der Waals surface area contributed by atoms with Crippen LogP contribution in [0.15, 0.2) is 77.6 Å². The first kappa shape index (κ1) is 22.5. The van der Waals surface area contributed by atoms with E-state index in [1.807, 2.05) is 28.8 Å². The molecular formula is C29H33N3O2. The first-order valence-electron chi connectivity index (χ1n) is 12.3. The van der Waals surface area contributed by atoms with E-state index in [1.165, 1.54) is 11.1 Å². The molecule has 4 aromatic rings. The fourth-order valence-corrected chi connectivity index (χ4v) is 5.09. The lowest BCUT2D eigenvalue weighted by atomic mass is 10.0. The average molecular weight is 456 g/mol. The van der Waals surface area contributed by atoms with Crippen LogP contribution in [0.1, 0.15) is 48.1 Å². The van der Waals surface area contributed by atoms with Gasteiger partial charge in [0.05, 0.1) is 11.0 Å². The molecule has 1 aliphatic heterocycles. The zero-order chi connectivity index (χ0) is 23.5. The number of nitrogens with one attached hydrogen (secondary N) is 1. The number of hydrogen-bond donors (Lipinski definition) is 1. The third kappa shape index (κ3) is 4.80. The highest BCUT2D eigenvalue weighted by molar-refractivity contribution is 5.75. The lowest BCUT2D eigenvalue weighted by molar-refractivity contribution is 0.138. The maximum absolute atomic E-state index is 12.6. The Bertz CT molecular complexity index is 1300. The molecule has 1 aliphatic rings. The predicted octanol–water partition coefficient (Wildman–Crippen LogP) is 5.79. The summed E-state index contributed by atoms with van der Waals surface area (Å²) in [5.74, 6) is 0.964. The Morgan fingerprint density at radius 2 is 1.71 bits per heavy atom. The van der Waals surface area contributed by atoms with Crippen molar-refractivity contribution in [2.45, 2.75) is 45.3 Å². The van der Waals surface area contributed by atoms with E-state index in [2.05, 4.69) is 72.3 Å². The molecular weight excluding hydrogens is 422 g/mol. The van der Waals surface area contributed by atoms with Gasteiger partial charge in [-0.05, 0) is 61.6 Å². The number of piperidine rings is 1. The predicted molar refractivity (Wildman–Crippen MR) is 138 cm³/mol. The molecule has 2 heterocycles. The van der Waals surface area contributed by atoms with Crippen molar-refractivity contribution < 1.29 is 4.74 Å². The highest BCUT2D eigenvalue weighted by Crippen LogP contribution is 2.30. The van der Waals surface area contributed by atoms with Gasteiger partial charge in [-0.15, -0.1) is 0 Å². The number of fused-ring (bicyclic) bond motifs is 1. The third-order valence-corrected chi connectivity index (χ3v) is 7.04. The maximum atomic E-state index is 12.6. The van der Waals surface area contributed by atoms with Gasteiger partial charge in [0.15, 0.2) is 0 Å². The summed E-state index contributed by atoms with van der Waals surface area (Å²) in [5, 5.41) is 0. The molecule has 0 aliphatic carbocycles. The molecule has 0 radical (unpaired) electrons. The summed E-state index contributed by atoms with van der Waals surface area (Å²) in [6.45, 7) is 7.16. The van der Waals surface area contributed by atoms with Crippen molar-refractivity contribution >= 4 is 11.0 Å². The smallest absolute Gasteiger partial charge is 0.326 e. The molecule has 1 fully saturated rings. The van der Waals surface area contributed by atoms with Gasteiger partial charge in [0.2, 0.25) is 0 Å². The van der Waals surface area contributed by atoms with Crippen LogP contribution in [0.2, 0.25) is 0 Å². The molecule has 5 heteroatoms. The van der Waals surface area contributed by atoms with Crippen molar-refractivity contribution in [3.8, 4) is 5.75 Å². The van der Waals surface area contributed by atoms with Gasteiger partial charge in [0.1, 0.15) is 11.9 Å². The molecule has 0 amide bonds.